The van der Waals surface area contributed by atoms with Crippen LogP contribution in [-0.2, 0) is 11.2 Å². The molecular weight excluding hydrogens is 328 g/mol. The van der Waals surface area contributed by atoms with Gasteiger partial charge in [-0.1, -0.05) is 19.1 Å². The topological polar surface area (TPSA) is 71.3 Å². The van der Waals surface area contributed by atoms with Crippen LogP contribution in [0.25, 0.3) is 0 Å². The molecule has 5 nitrogen and oxygen atoms in total. The molecule has 0 aliphatic heterocycles. The Kier molecular flexibility index (Phi) is 7.50. The molecule has 0 saturated heterocycles. The van der Waals surface area contributed by atoms with Gasteiger partial charge in [-0.05, 0) is 61.7 Å². The lowest BCUT2D eigenvalue weighted by Gasteiger charge is -2.15. The number of nitrogens with one attached hydrogen (secondary N) is 1. The normalized spacial score (nSPS) is 11.3. The number of carbonyl (C=O) groups excluding carboxylic acids is 1. The molecule has 0 aliphatic rings. The Labute approximate surface area is 154 Å². The molecule has 0 heterocycles. The van der Waals surface area contributed by atoms with Crippen molar-refractivity contribution in [3.63, 3.8) is 0 Å². The molecule has 0 radical (unpaired) electrons. The summed E-state index contributed by atoms with van der Waals surface area (Å²) < 4.78 is 11.2. The summed E-state index contributed by atoms with van der Waals surface area (Å²) >= 11 is 0. The van der Waals surface area contributed by atoms with Crippen LogP contribution >= 0.6 is 0 Å². The van der Waals surface area contributed by atoms with Crippen LogP contribution in [0, 0.1) is 11.3 Å². The fraction of sp³-hybridized carbons (Fsp3) is 0.333. The summed E-state index contributed by atoms with van der Waals surface area (Å²) in [5.41, 5.74) is 1.67. The van der Waals surface area contributed by atoms with E-state index in [1.54, 1.807) is 31.2 Å². The van der Waals surface area contributed by atoms with Crippen LogP contribution in [0.5, 0.6) is 11.5 Å². The molecule has 1 N–H and O–H groups in total. The zero-order valence-electron chi connectivity index (χ0n) is 15.2. The molecule has 2 rings (SSSR count). The SMILES string of the molecule is CCCOc1cccc(CCNC(=O)C(C)Oc2ccc(C#N)cc2)c1. The second-order valence-electron chi connectivity index (χ2n) is 5.93. The van der Waals surface area contributed by atoms with Gasteiger partial charge in [0.25, 0.3) is 5.91 Å². The fourth-order valence-electron chi connectivity index (χ4n) is 2.35. The quantitative estimate of drug-likeness (QED) is 0.750. The number of carbonyl (C=O) groups is 1. The van der Waals surface area contributed by atoms with Crippen molar-refractivity contribution in [2.75, 3.05) is 13.2 Å². The van der Waals surface area contributed by atoms with Gasteiger partial charge in [-0.2, -0.15) is 5.26 Å². The minimum absolute atomic E-state index is 0.173. The predicted octanol–water partition coefficient (Wildman–Crippen LogP) is 3.47. The number of hydrogen-bond acceptors (Lipinski definition) is 4. The van der Waals surface area contributed by atoms with Gasteiger partial charge in [0.05, 0.1) is 18.2 Å². The minimum atomic E-state index is -0.609. The Morgan fingerprint density at radius 3 is 2.65 bits per heavy atom. The average molecular weight is 352 g/mol. The summed E-state index contributed by atoms with van der Waals surface area (Å²) in [6, 6.07) is 16.6. The van der Waals surface area contributed by atoms with E-state index >= 15 is 0 Å². The molecule has 1 unspecified atom stereocenters. The summed E-state index contributed by atoms with van der Waals surface area (Å²) in [4.78, 5) is 12.2. The number of nitrogens with zero attached hydrogens (tertiary/aromatic N) is 1. The van der Waals surface area contributed by atoms with Crippen molar-refractivity contribution >= 4 is 5.91 Å². The first-order valence-electron chi connectivity index (χ1n) is 8.78. The summed E-state index contributed by atoms with van der Waals surface area (Å²) in [6.07, 6.45) is 1.08. The second-order valence-corrected chi connectivity index (χ2v) is 5.93. The third-order valence-electron chi connectivity index (χ3n) is 3.75. The standard InChI is InChI=1S/C21H24N2O3/c1-3-13-25-20-6-4-5-17(14-20)11-12-23-21(24)16(2)26-19-9-7-18(15-22)8-10-19/h4-10,14,16H,3,11-13H2,1-2H3,(H,23,24). The minimum Gasteiger partial charge on any atom is -0.494 e. The van der Waals surface area contributed by atoms with E-state index in [4.69, 9.17) is 14.7 Å². The van der Waals surface area contributed by atoms with Crippen molar-refractivity contribution in [3.8, 4) is 17.6 Å². The van der Waals surface area contributed by atoms with Crippen molar-refractivity contribution < 1.29 is 14.3 Å². The van der Waals surface area contributed by atoms with E-state index in [1.807, 2.05) is 30.3 Å². The number of rotatable bonds is 9. The predicted molar refractivity (Wildman–Crippen MR) is 100 cm³/mol. The van der Waals surface area contributed by atoms with E-state index < -0.39 is 6.10 Å². The van der Waals surface area contributed by atoms with Gasteiger partial charge in [-0.25, -0.2) is 0 Å². The zero-order valence-corrected chi connectivity index (χ0v) is 15.2. The van der Waals surface area contributed by atoms with Crippen molar-refractivity contribution in [1.29, 1.82) is 5.26 Å². The molecule has 0 aliphatic carbocycles. The molecule has 0 saturated carbocycles. The lowest BCUT2D eigenvalue weighted by atomic mass is 10.1. The van der Waals surface area contributed by atoms with E-state index in [0.717, 1.165) is 24.2 Å². The van der Waals surface area contributed by atoms with Gasteiger partial charge in [0.15, 0.2) is 6.10 Å². The Bertz CT molecular complexity index is 751. The molecule has 1 amide bonds. The highest BCUT2D eigenvalue weighted by Crippen LogP contribution is 2.15. The highest BCUT2D eigenvalue weighted by atomic mass is 16.5. The largest absolute Gasteiger partial charge is 0.494 e. The average Bonchev–Trinajstić information content (AvgIpc) is 2.67. The lowest BCUT2D eigenvalue weighted by Crippen LogP contribution is -2.37. The Morgan fingerprint density at radius 2 is 1.96 bits per heavy atom. The summed E-state index contributed by atoms with van der Waals surface area (Å²) in [5, 5.41) is 11.7. The monoisotopic (exact) mass is 352 g/mol. The first kappa shape index (κ1) is 19.3. The lowest BCUT2D eigenvalue weighted by molar-refractivity contribution is -0.127. The second kappa shape index (κ2) is 10.1. The number of amides is 1. The van der Waals surface area contributed by atoms with E-state index in [0.29, 0.717) is 24.5 Å². The van der Waals surface area contributed by atoms with Crippen LogP contribution < -0.4 is 14.8 Å². The molecule has 0 aromatic heterocycles. The van der Waals surface area contributed by atoms with Gasteiger partial charge in [0.1, 0.15) is 11.5 Å². The fourth-order valence-corrected chi connectivity index (χ4v) is 2.35. The molecule has 2 aromatic rings. The summed E-state index contributed by atoms with van der Waals surface area (Å²) in [7, 11) is 0. The van der Waals surface area contributed by atoms with E-state index in [1.165, 1.54) is 0 Å². The molecule has 0 spiro atoms. The smallest absolute Gasteiger partial charge is 0.260 e. The number of nitriles is 1. The van der Waals surface area contributed by atoms with Crippen molar-refractivity contribution in [2.45, 2.75) is 32.8 Å². The van der Waals surface area contributed by atoms with Crippen LogP contribution in [0.3, 0.4) is 0 Å². The number of benzene rings is 2. The van der Waals surface area contributed by atoms with E-state index in [-0.39, 0.29) is 5.91 Å². The number of hydrogen-bond donors (Lipinski definition) is 1. The van der Waals surface area contributed by atoms with Crippen molar-refractivity contribution in [3.05, 3.63) is 59.7 Å². The van der Waals surface area contributed by atoms with Gasteiger partial charge in [-0.15, -0.1) is 0 Å². The molecule has 5 heteroatoms. The third-order valence-corrected chi connectivity index (χ3v) is 3.75. The van der Waals surface area contributed by atoms with Gasteiger partial charge in [0, 0.05) is 6.54 Å². The molecular formula is C21H24N2O3. The van der Waals surface area contributed by atoms with Crippen LogP contribution in [0.2, 0.25) is 0 Å². The molecule has 1 atom stereocenters. The molecule has 136 valence electrons. The molecule has 0 fully saturated rings. The van der Waals surface area contributed by atoms with Crippen LogP contribution in [0.15, 0.2) is 48.5 Å². The highest BCUT2D eigenvalue weighted by Gasteiger charge is 2.14. The van der Waals surface area contributed by atoms with E-state index in [2.05, 4.69) is 12.2 Å². The van der Waals surface area contributed by atoms with Crippen LogP contribution in [0.1, 0.15) is 31.4 Å². The maximum atomic E-state index is 12.2. The van der Waals surface area contributed by atoms with Gasteiger partial charge < -0.3 is 14.8 Å². The molecule has 2 aromatic carbocycles. The summed E-state index contributed by atoms with van der Waals surface area (Å²) in [6.45, 7) is 4.99. The Hall–Kier alpha value is -3.00. The van der Waals surface area contributed by atoms with Gasteiger partial charge in [-0.3, -0.25) is 4.79 Å². The Morgan fingerprint density at radius 1 is 1.19 bits per heavy atom. The first-order chi connectivity index (χ1) is 12.6. The maximum Gasteiger partial charge on any atom is 0.260 e. The van der Waals surface area contributed by atoms with Gasteiger partial charge >= 0.3 is 0 Å². The van der Waals surface area contributed by atoms with Crippen LogP contribution in [-0.4, -0.2) is 25.2 Å². The van der Waals surface area contributed by atoms with Crippen LogP contribution in [0.4, 0.5) is 0 Å². The number of ether oxygens (including phenoxy) is 2. The van der Waals surface area contributed by atoms with E-state index in [9.17, 15) is 4.79 Å². The van der Waals surface area contributed by atoms with Crippen molar-refractivity contribution in [1.82, 2.24) is 5.32 Å². The Balaban J connectivity index is 1.77. The molecule has 0 bridgehead atoms. The highest BCUT2D eigenvalue weighted by molar-refractivity contribution is 5.80. The first-order valence-corrected chi connectivity index (χ1v) is 8.78. The zero-order chi connectivity index (χ0) is 18.8. The third kappa shape index (κ3) is 6.14. The van der Waals surface area contributed by atoms with Crippen molar-refractivity contribution in [2.24, 2.45) is 0 Å². The van der Waals surface area contributed by atoms with Gasteiger partial charge in [0.2, 0.25) is 0 Å². The summed E-state index contributed by atoms with van der Waals surface area (Å²) in [5.74, 6) is 1.24. The maximum absolute atomic E-state index is 12.2. The molecule has 26 heavy (non-hydrogen) atoms.